The lowest BCUT2D eigenvalue weighted by molar-refractivity contribution is -0.143. The van der Waals surface area contributed by atoms with Crippen LogP contribution in [0.4, 0.5) is 5.69 Å². The van der Waals surface area contributed by atoms with Gasteiger partial charge in [-0.25, -0.2) is 0 Å². The molecule has 3 amide bonds. The highest BCUT2D eigenvalue weighted by Crippen LogP contribution is 2.68. The van der Waals surface area contributed by atoms with E-state index in [1.54, 1.807) is 45.7 Å². The molecule has 8 heteroatoms. The van der Waals surface area contributed by atoms with E-state index in [0.29, 0.717) is 19.5 Å². The highest BCUT2D eigenvalue weighted by molar-refractivity contribution is 8.02. The van der Waals surface area contributed by atoms with E-state index < -0.39 is 22.6 Å². The zero-order valence-electron chi connectivity index (χ0n) is 22.7. The number of nitrogens with zero attached hydrogens (tertiary/aromatic N) is 3. The van der Waals surface area contributed by atoms with Gasteiger partial charge < -0.3 is 19.8 Å². The molecule has 3 saturated heterocycles. The summed E-state index contributed by atoms with van der Waals surface area (Å²) in [7, 11) is 1.74. The Balaban J connectivity index is 1.59. The SMILES string of the molecule is C=CCN(C)C(=O)[C@@H]1[C@H]2C(=O)N(CCCO)C(C(=O)N(CC=C)c3ccc4ccccc4c3)C23S[C@@H]1CC3C. The Morgan fingerprint density at radius 1 is 1.13 bits per heavy atom. The molecule has 1 spiro atoms. The van der Waals surface area contributed by atoms with Crippen LogP contribution < -0.4 is 4.90 Å². The zero-order valence-corrected chi connectivity index (χ0v) is 23.5. The number of likely N-dealkylation sites (N-methyl/N-ethyl adjacent to an activating group) is 1. The maximum Gasteiger partial charge on any atom is 0.251 e. The third kappa shape index (κ3) is 4.28. The van der Waals surface area contributed by atoms with Crippen molar-refractivity contribution in [1.82, 2.24) is 9.80 Å². The number of carbonyl (C=O) groups is 3. The number of aliphatic hydroxyl groups excluding tert-OH is 1. The molecule has 5 rings (SSSR count). The third-order valence-electron chi connectivity index (χ3n) is 8.72. The number of anilines is 1. The summed E-state index contributed by atoms with van der Waals surface area (Å²) < 4.78 is -0.708. The highest BCUT2D eigenvalue weighted by Gasteiger charge is 2.76. The molecule has 3 heterocycles. The third-order valence-corrected chi connectivity index (χ3v) is 10.8. The number of hydrogen-bond donors (Lipinski definition) is 1. The molecule has 2 aromatic rings. The molecule has 206 valence electrons. The molecule has 3 aliphatic rings. The fraction of sp³-hybridized carbons (Fsp3) is 0.452. The first-order valence-electron chi connectivity index (χ1n) is 13.7. The number of aliphatic hydroxyl groups is 1. The number of fused-ring (bicyclic) bond motifs is 2. The van der Waals surface area contributed by atoms with Crippen LogP contribution in [0.2, 0.25) is 0 Å². The van der Waals surface area contributed by atoms with Crippen molar-refractivity contribution in [2.24, 2.45) is 17.8 Å². The number of thioether (sulfide) groups is 1. The van der Waals surface area contributed by atoms with Gasteiger partial charge in [-0.2, -0.15) is 0 Å². The van der Waals surface area contributed by atoms with Crippen molar-refractivity contribution in [3.8, 4) is 0 Å². The second-order valence-electron chi connectivity index (χ2n) is 10.9. The van der Waals surface area contributed by atoms with Crippen LogP contribution in [0.3, 0.4) is 0 Å². The van der Waals surface area contributed by atoms with Crippen LogP contribution in [0.5, 0.6) is 0 Å². The molecule has 6 atom stereocenters. The van der Waals surface area contributed by atoms with Crippen molar-refractivity contribution in [2.45, 2.75) is 35.8 Å². The molecule has 3 aliphatic heterocycles. The topological polar surface area (TPSA) is 81.2 Å². The summed E-state index contributed by atoms with van der Waals surface area (Å²) in [5.74, 6) is -1.35. The average molecular weight is 548 g/mol. The quantitative estimate of drug-likeness (QED) is 0.459. The fourth-order valence-corrected chi connectivity index (χ4v) is 9.45. The van der Waals surface area contributed by atoms with Crippen LogP contribution in [0.25, 0.3) is 10.8 Å². The Morgan fingerprint density at radius 3 is 2.54 bits per heavy atom. The first-order valence-corrected chi connectivity index (χ1v) is 14.5. The summed E-state index contributed by atoms with van der Waals surface area (Å²) in [6, 6.07) is 13.2. The Labute approximate surface area is 234 Å². The molecule has 2 aromatic carbocycles. The van der Waals surface area contributed by atoms with E-state index in [4.69, 9.17) is 0 Å². The molecular weight excluding hydrogens is 510 g/mol. The van der Waals surface area contributed by atoms with Gasteiger partial charge in [0.25, 0.3) is 5.91 Å². The first kappa shape index (κ1) is 27.5. The predicted molar refractivity (Wildman–Crippen MR) is 156 cm³/mol. The molecule has 0 aromatic heterocycles. The molecular formula is C31H37N3O4S. The van der Waals surface area contributed by atoms with Gasteiger partial charge in [0.05, 0.1) is 16.6 Å². The summed E-state index contributed by atoms with van der Waals surface area (Å²) >= 11 is 1.67. The van der Waals surface area contributed by atoms with E-state index >= 15 is 0 Å². The number of hydrogen-bond acceptors (Lipinski definition) is 5. The van der Waals surface area contributed by atoms with E-state index in [1.165, 1.54) is 0 Å². The van der Waals surface area contributed by atoms with Gasteiger partial charge in [-0.15, -0.1) is 24.9 Å². The van der Waals surface area contributed by atoms with Crippen LogP contribution in [-0.4, -0.2) is 82.0 Å². The standard InChI is InChI=1S/C31H37N3O4S/c1-5-14-32(4)28(36)25-24-18-20(3)31(39-24)26(25)29(37)34(16-9-17-35)27(31)30(38)33(15-6-2)23-13-12-21-10-7-8-11-22(21)19-23/h5-8,10-13,19-20,24-27,35H,1-2,9,14-18H2,3-4H3/t20?,24-,25+,26+,27?,31?/m1/s1. The first-order chi connectivity index (χ1) is 18.8. The molecule has 7 nitrogen and oxygen atoms in total. The van der Waals surface area contributed by atoms with E-state index in [1.807, 2.05) is 42.5 Å². The highest BCUT2D eigenvalue weighted by atomic mass is 32.2. The number of amides is 3. The van der Waals surface area contributed by atoms with Crippen LogP contribution >= 0.6 is 11.8 Å². The van der Waals surface area contributed by atoms with Crippen LogP contribution in [0.1, 0.15) is 19.8 Å². The van der Waals surface area contributed by atoms with Gasteiger partial charge in [-0.05, 0) is 41.7 Å². The zero-order chi connectivity index (χ0) is 27.9. The largest absolute Gasteiger partial charge is 0.396 e. The Morgan fingerprint density at radius 2 is 1.85 bits per heavy atom. The second kappa shape index (κ2) is 10.8. The number of carbonyl (C=O) groups excluding carboxylic acids is 3. The molecule has 0 saturated carbocycles. The summed E-state index contributed by atoms with van der Waals surface area (Å²) in [6.45, 7) is 10.7. The molecule has 3 unspecified atom stereocenters. The van der Waals surface area contributed by atoms with Gasteiger partial charge in [0.1, 0.15) is 6.04 Å². The molecule has 39 heavy (non-hydrogen) atoms. The van der Waals surface area contributed by atoms with Crippen molar-refractivity contribution in [3.63, 3.8) is 0 Å². The Hall–Kier alpha value is -3.10. The lowest BCUT2D eigenvalue weighted by Gasteiger charge is -2.41. The molecule has 2 bridgehead atoms. The fourth-order valence-electron chi connectivity index (χ4n) is 7.04. The van der Waals surface area contributed by atoms with Gasteiger partial charge >= 0.3 is 0 Å². The Bertz CT molecular complexity index is 1310. The van der Waals surface area contributed by atoms with Crippen molar-refractivity contribution >= 4 is 45.9 Å². The Kier molecular flexibility index (Phi) is 7.62. The van der Waals surface area contributed by atoms with Crippen molar-refractivity contribution in [1.29, 1.82) is 0 Å². The number of likely N-dealkylation sites (tertiary alicyclic amines) is 1. The number of rotatable bonds is 10. The monoisotopic (exact) mass is 547 g/mol. The average Bonchev–Trinajstić information content (AvgIpc) is 3.53. The number of benzene rings is 2. The van der Waals surface area contributed by atoms with Gasteiger partial charge in [-0.1, -0.05) is 49.4 Å². The predicted octanol–water partition coefficient (Wildman–Crippen LogP) is 3.72. The maximum atomic E-state index is 14.7. The van der Waals surface area contributed by atoms with Crippen LogP contribution in [0.15, 0.2) is 67.8 Å². The lowest BCUT2D eigenvalue weighted by Crippen LogP contribution is -2.57. The summed E-state index contributed by atoms with van der Waals surface area (Å²) in [4.78, 5) is 47.5. The summed E-state index contributed by atoms with van der Waals surface area (Å²) in [5.41, 5.74) is 0.747. The summed E-state index contributed by atoms with van der Waals surface area (Å²) in [6.07, 6.45) is 4.54. The minimum atomic E-state index is -0.736. The van der Waals surface area contributed by atoms with Crippen LogP contribution in [-0.2, 0) is 14.4 Å². The van der Waals surface area contributed by atoms with E-state index in [0.717, 1.165) is 22.9 Å². The van der Waals surface area contributed by atoms with E-state index in [9.17, 15) is 19.5 Å². The molecule has 0 radical (unpaired) electrons. The molecule has 3 fully saturated rings. The second-order valence-corrected chi connectivity index (χ2v) is 12.5. The maximum absolute atomic E-state index is 14.7. The van der Waals surface area contributed by atoms with Gasteiger partial charge in [0.2, 0.25) is 11.8 Å². The smallest absolute Gasteiger partial charge is 0.251 e. The molecule has 1 N–H and O–H groups in total. The van der Waals surface area contributed by atoms with Gasteiger partial charge in [-0.3, -0.25) is 14.4 Å². The summed E-state index contributed by atoms with van der Waals surface area (Å²) in [5, 5.41) is 11.7. The van der Waals surface area contributed by atoms with Crippen molar-refractivity contribution in [2.75, 3.05) is 38.2 Å². The minimum Gasteiger partial charge on any atom is -0.396 e. The van der Waals surface area contributed by atoms with Crippen molar-refractivity contribution in [3.05, 3.63) is 67.8 Å². The van der Waals surface area contributed by atoms with Gasteiger partial charge in [0.15, 0.2) is 0 Å². The van der Waals surface area contributed by atoms with E-state index in [2.05, 4.69) is 20.1 Å². The van der Waals surface area contributed by atoms with E-state index in [-0.39, 0.29) is 42.0 Å². The normalized spacial score (nSPS) is 28.9. The van der Waals surface area contributed by atoms with Crippen molar-refractivity contribution < 1.29 is 19.5 Å². The van der Waals surface area contributed by atoms with Crippen LogP contribution in [0, 0.1) is 17.8 Å². The minimum absolute atomic E-state index is 0.0162. The van der Waals surface area contributed by atoms with Gasteiger partial charge in [0, 0.05) is 44.2 Å². The molecule has 0 aliphatic carbocycles. The lowest BCUT2D eigenvalue weighted by atomic mass is 9.65.